The molecular weight excluding hydrogens is 443 g/mol. The van der Waals surface area contributed by atoms with Crippen LogP contribution in [0.1, 0.15) is 31.1 Å². The van der Waals surface area contributed by atoms with E-state index in [0.717, 1.165) is 0 Å². The average molecular weight is 467 g/mol. The largest absolute Gasteiger partial charge is 0.465 e. The third-order valence-electron chi connectivity index (χ3n) is 4.25. The Balaban J connectivity index is 2.56. The Morgan fingerprint density at radius 1 is 1.00 bits per heavy atom. The molecule has 166 valence electrons. The minimum Gasteiger partial charge on any atom is -0.465 e. The molecule has 0 aromatic heterocycles. The molecule has 0 fully saturated rings. The molecule has 1 N–H and O–H groups in total. The van der Waals surface area contributed by atoms with Crippen LogP contribution in [0.2, 0.25) is 10.0 Å². The first-order chi connectivity index (χ1) is 14.5. The van der Waals surface area contributed by atoms with Crippen molar-refractivity contribution >= 4 is 46.6 Å². The summed E-state index contributed by atoms with van der Waals surface area (Å²) in [6.07, 6.45) is 6.09. The van der Waals surface area contributed by atoms with Crippen molar-refractivity contribution in [2.75, 3.05) is 25.7 Å². The van der Waals surface area contributed by atoms with Gasteiger partial charge in [-0.15, -0.1) is 0 Å². The van der Waals surface area contributed by atoms with Gasteiger partial charge < -0.3 is 19.7 Å². The zero-order valence-electron chi connectivity index (χ0n) is 17.9. The van der Waals surface area contributed by atoms with E-state index in [4.69, 9.17) is 32.7 Å². The molecule has 0 radical (unpaired) electrons. The highest BCUT2D eigenvalue weighted by Crippen LogP contribution is 2.39. The lowest BCUT2D eigenvalue weighted by Gasteiger charge is -2.25. The number of ketones is 1. The number of hydrogen-bond donors (Lipinski definition) is 1. The summed E-state index contributed by atoms with van der Waals surface area (Å²) in [6, 6.07) is 2.93. The average Bonchev–Trinajstić information content (AvgIpc) is 2.92. The lowest BCUT2D eigenvalue weighted by atomic mass is 10.1. The third-order valence-corrected chi connectivity index (χ3v) is 4.82. The zero-order valence-corrected chi connectivity index (χ0v) is 19.4. The number of methoxy groups -OCH3 is 2. The topological polar surface area (TPSA) is 84.9 Å². The van der Waals surface area contributed by atoms with E-state index in [-0.39, 0.29) is 44.9 Å². The lowest BCUT2D eigenvalue weighted by Crippen LogP contribution is -2.39. The quantitative estimate of drug-likeness (QED) is 0.499. The molecule has 1 aliphatic heterocycles. The minimum atomic E-state index is -0.793. The summed E-state index contributed by atoms with van der Waals surface area (Å²) in [7, 11) is 2.39. The Morgan fingerprint density at radius 3 is 2.10 bits per heavy atom. The van der Waals surface area contributed by atoms with Gasteiger partial charge in [-0.2, -0.15) is 0 Å². The third kappa shape index (κ3) is 5.97. The molecule has 0 atom stereocenters. The normalized spacial score (nSPS) is 13.8. The smallest absolute Gasteiger partial charge is 0.355 e. The van der Waals surface area contributed by atoms with Crippen molar-refractivity contribution in [2.45, 2.75) is 26.3 Å². The summed E-state index contributed by atoms with van der Waals surface area (Å²) < 4.78 is 9.66. The summed E-state index contributed by atoms with van der Waals surface area (Å²) in [5, 5.41) is 3.34. The maximum atomic E-state index is 12.6. The predicted molar refractivity (Wildman–Crippen MR) is 120 cm³/mol. The number of halogens is 2. The van der Waals surface area contributed by atoms with Crippen LogP contribution in [0, 0.1) is 0 Å². The Bertz CT molecular complexity index is 967. The van der Waals surface area contributed by atoms with Gasteiger partial charge in [0.25, 0.3) is 0 Å². The summed E-state index contributed by atoms with van der Waals surface area (Å²) >= 11 is 13.0. The van der Waals surface area contributed by atoms with Crippen LogP contribution in [0.5, 0.6) is 0 Å². The second-order valence-electron chi connectivity index (χ2n) is 7.63. The first kappa shape index (κ1) is 24.7. The number of carbonyl (C=O) groups excluding carboxylic acids is 3. The number of anilines is 1. The summed E-state index contributed by atoms with van der Waals surface area (Å²) in [4.78, 5) is 38.8. The maximum absolute atomic E-state index is 12.6. The second kappa shape index (κ2) is 10.1. The van der Waals surface area contributed by atoms with E-state index in [0.29, 0.717) is 5.56 Å². The first-order valence-corrected chi connectivity index (χ1v) is 10.1. The molecule has 1 aliphatic rings. The molecule has 2 rings (SSSR count). The fraction of sp³-hybridized carbons (Fsp3) is 0.318. The summed E-state index contributed by atoms with van der Waals surface area (Å²) in [5.74, 6) is -1.73. The number of Topliss-reactive ketones (excluding diaryl/α,β-unsaturated/α-hetero) is 1. The molecule has 0 saturated heterocycles. The van der Waals surface area contributed by atoms with Gasteiger partial charge in [0.15, 0.2) is 5.78 Å². The molecule has 7 nitrogen and oxygen atoms in total. The minimum absolute atomic E-state index is 0.0407. The highest BCUT2D eigenvalue weighted by molar-refractivity contribution is 6.40. The number of nitrogens with zero attached hydrogens (tertiary/aromatic N) is 1. The van der Waals surface area contributed by atoms with Gasteiger partial charge in [0.05, 0.1) is 42.1 Å². The molecule has 0 aliphatic carbocycles. The van der Waals surface area contributed by atoms with E-state index in [1.54, 1.807) is 12.2 Å². The zero-order chi connectivity index (χ0) is 23.3. The van der Waals surface area contributed by atoms with Crippen LogP contribution in [-0.4, -0.2) is 44.0 Å². The number of ether oxygens (including phenoxy) is 2. The van der Waals surface area contributed by atoms with Crippen molar-refractivity contribution in [3.8, 4) is 0 Å². The van der Waals surface area contributed by atoms with Crippen LogP contribution in [0.4, 0.5) is 5.69 Å². The number of esters is 2. The number of allylic oxidation sites excluding steroid dienone is 2. The number of nitrogens with one attached hydrogen (secondary N) is 1. The van der Waals surface area contributed by atoms with Crippen LogP contribution >= 0.6 is 23.2 Å². The molecule has 0 bridgehead atoms. The fourth-order valence-corrected chi connectivity index (χ4v) is 3.41. The molecule has 1 aromatic carbocycles. The molecule has 9 heteroatoms. The van der Waals surface area contributed by atoms with Crippen molar-refractivity contribution in [3.05, 3.63) is 63.4 Å². The van der Waals surface area contributed by atoms with Gasteiger partial charge in [0, 0.05) is 17.3 Å². The molecule has 1 heterocycles. The van der Waals surface area contributed by atoms with Gasteiger partial charge in [0.2, 0.25) is 0 Å². The molecule has 31 heavy (non-hydrogen) atoms. The van der Waals surface area contributed by atoms with Crippen molar-refractivity contribution in [1.82, 2.24) is 5.32 Å². The van der Waals surface area contributed by atoms with Gasteiger partial charge in [0.1, 0.15) is 5.70 Å². The van der Waals surface area contributed by atoms with E-state index in [9.17, 15) is 14.4 Å². The fourth-order valence-electron chi connectivity index (χ4n) is 2.74. The molecule has 0 spiro atoms. The van der Waals surface area contributed by atoms with Gasteiger partial charge in [-0.3, -0.25) is 4.79 Å². The van der Waals surface area contributed by atoms with Crippen molar-refractivity contribution in [3.63, 3.8) is 0 Å². The van der Waals surface area contributed by atoms with Crippen molar-refractivity contribution < 1.29 is 23.9 Å². The summed E-state index contributed by atoms with van der Waals surface area (Å²) in [6.45, 7) is 5.94. The maximum Gasteiger partial charge on any atom is 0.355 e. The van der Waals surface area contributed by atoms with Crippen LogP contribution in [0.25, 0.3) is 0 Å². The molecule has 0 amide bonds. The Kier molecular flexibility index (Phi) is 8.06. The van der Waals surface area contributed by atoms with Crippen LogP contribution in [0.3, 0.4) is 0 Å². The molecule has 0 saturated carbocycles. The monoisotopic (exact) mass is 466 g/mol. The number of hydrogen-bond acceptors (Lipinski definition) is 7. The SMILES string of the molecule is COC(=O)C1=C(C(=O)OC)N(c2c(Cl)cc(C(=O)CNC(C)(C)C)cc2Cl)C=CC=C1. The predicted octanol–water partition coefficient (Wildman–Crippen LogP) is 4.05. The molecular formula is C22H24Cl2N2O5. The van der Waals surface area contributed by atoms with E-state index in [1.165, 1.54) is 43.5 Å². The number of benzene rings is 1. The Hall–Kier alpha value is -2.61. The van der Waals surface area contributed by atoms with Gasteiger partial charge in [-0.25, -0.2) is 9.59 Å². The van der Waals surface area contributed by atoms with Crippen molar-refractivity contribution in [1.29, 1.82) is 0 Å². The van der Waals surface area contributed by atoms with Crippen LogP contribution in [-0.2, 0) is 19.1 Å². The second-order valence-corrected chi connectivity index (χ2v) is 8.45. The molecule has 0 unspecified atom stereocenters. The van der Waals surface area contributed by atoms with Crippen LogP contribution in [0.15, 0.2) is 47.8 Å². The summed E-state index contributed by atoms with van der Waals surface area (Å²) in [5.41, 5.74) is 0.115. The number of carbonyl (C=O) groups is 3. The molecule has 1 aromatic rings. The van der Waals surface area contributed by atoms with E-state index in [2.05, 4.69) is 5.32 Å². The Labute approximate surface area is 191 Å². The van der Waals surface area contributed by atoms with Gasteiger partial charge >= 0.3 is 11.9 Å². The Morgan fingerprint density at radius 2 is 1.58 bits per heavy atom. The van der Waals surface area contributed by atoms with Gasteiger partial charge in [-0.1, -0.05) is 29.3 Å². The number of rotatable bonds is 6. The first-order valence-electron chi connectivity index (χ1n) is 9.32. The highest BCUT2D eigenvalue weighted by atomic mass is 35.5. The van der Waals surface area contributed by atoms with Crippen molar-refractivity contribution in [2.24, 2.45) is 0 Å². The standard InChI is InChI=1S/C22H24Cl2N2O5/c1-22(2,3)25-12-17(27)13-10-15(23)19(16(24)11-13)26-9-7-6-8-14(20(28)30-4)18(26)21(29)31-5/h6-11,25H,12H2,1-5H3. The highest BCUT2D eigenvalue weighted by Gasteiger charge is 2.30. The lowest BCUT2D eigenvalue weighted by molar-refractivity contribution is -0.139. The van der Waals surface area contributed by atoms with Crippen LogP contribution < -0.4 is 10.2 Å². The van der Waals surface area contributed by atoms with E-state index < -0.39 is 11.9 Å². The van der Waals surface area contributed by atoms with E-state index >= 15 is 0 Å². The van der Waals surface area contributed by atoms with Gasteiger partial charge in [-0.05, 0) is 45.1 Å². The van der Waals surface area contributed by atoms with E-state index in [1.807, 2.05) is 20.8 Å².